The number of hydrogen-bond acceptors (Lipinski definition) is 3. The Hall–Kier alpha value is -1.42. The van der Waals surface area contributed by atoms with Crippen LogP contribution in [-0.4, -0.2) is 18.4 Å². The molecule has 3 nitrogen and oxygen atoms in total. The van der Waals surface area contributed by atoms with Gasteiger partial charge >= 0.3 is 0 Å². The predicted octanol–water partition coefficient (Wildman–Crippen LogP) is 2.46. The summed E-state index contributed by atoms with van der Waals surface area (Å²) in [7, 11) is 1.40. The topological polar surface area (TPSA) is 52.3 Å². The van der Waals surface area contributed by atoms with Crippen LogP contribution in [0.15, 0.2) is 18.2 Å². The SMILES string of the molecule is COc1cccc(CC(=O)CCC(C)(C)N)c1F. The van der Waals surface area contributed by atoms with Gasteiger partial charge in [0.25, 0.3) is 0 Å². The van der Waals surface area contributed by atoms with Crippen molar-refractivity contribution in [2.24, 2.45) is 5.73 Å². The zero-order chi connectivity index (χ0) is 13.8. The van der Waals surface area contributed by atoms with E-state index in [0.29, 0.717) is 18.4 Å². The van der Waals surface area contributed by atoms with Gasteiger partial charge in [-0.15, -0.1) is 0 Å². The lowest BCUT2D eigenvalue weighted by atomic mass is 9.96. The maximum Gasteiger partial charge on any atom is 0.168 e. The third-order valence-corrected chi connectivity index (χ3v) is 2.70. The second-order valence-corrected chi connectivity index (χ2v) is 5.14. The van der Waals surface area contributed by atoms with E-state index in [2.05, 4.69) is 0 Å². The first kappa shape index (κ1) is 14.6. The first-order chi connectivity index (χ1) is 8.33. The molecule has 0 aliphatic rings. The van der Waals surface area contributed by atoms with Crippen molar-refractivity contribution < 1.29 is 13.9 Å². The van der Waals surface area contributed by atoms with E-state index in [9.17, 15) is 9.18 Å². The molecule has 0 spiro atoms. The minimum atomic E-state index is -0.458. The number of ether oxygens (including phenoxy) is 1. The molecule has 0 amide bonds. The lowest BCUT2D eigenvalue weighted by Gasteiger charge is -2.17. The van der Waals surface area contributed by atoms with Crippen molar-refractivity contribution in [2.45, 2.75) is 38.6 Å². The molecule has 0 aromatic heterocycles. The fourth-order valence-corrected chi connectivity index (χ4v) is 1.61. The van der Waals surface area contributed by atoms with Gasteiger partial charge in [-0.3, -0.25) is 4.79 Å². The Morgan fingerprint density at radius 3 is 2.67 bits per heavy atom. The molecular weight excluding hydrogens is 233 g/mol. The van der Waals surface area contributed by atoms with E-state index in [1.165, 1.54) is 13.2 Å². The van der Waals surface area contributed by atoms with Crippen LogP contribution in [0.3, 0.4) is 0 Å². The molecule has 0 saturated carbocycles. The summed E-state index contributed by atoms with van der Waals surface area (Å²) in [5.74, 6) is -0.305. The Morgan fingerprint density at radius 2 is 2.11 bits per heavy atom. The molecule has 18 heavy (non-hydrogen) atoms. The standard InChI is InChI=1S/C14H20FNO2/c1-14(2,16)8-7-11(17)9-10-5-4-6-12(18-3)13(10)15/h4-6H,7-9,16H2,1-3H3. The molecule has 1 aromatic rings. The molecule has 0 unspecified atom stereocenters. The largest absolute Gasteiger partial charge is 0.494 e. The van der Waals surface area contributed by atoms with Crippen molar-refractivity contribution >= 4 is 5.78 Å². The van der Waals surface area contributed by atoms with Gasteiger partial charge in [0.05, 0.1) is 7.11 Å². The van der Waals surface area contributed by atoms with Crippen LogP contribution in [0.4, 0.5) is 4.39 Å². The highest BCUT2D eigenvalue weighted by molar-refractivity contribution is 5.81. The summed E-state index contributed by atoms with van der Waals surface area (Å²) >= 11 is 0. The Kier molecular flexibility index (Phi) is 4.84. The van der Waals surface area contributed by atoms with E-state index in [-0.39, 0.29) is 23.5 Å². The van der Waals surface area contributed by atoms with Crippen LogP contribution in [0.25, 0.3) is 0 Å². The van der Waals surface area contributed by atoms with Crippen LogP contribution in [0, 0.1) is 5.82 Å². The molecule has 0 bridgehead atoms. The van der Waals surface area contributed by atoms with Crippen LogP contribution in [-0.2, 0) is 11.2 Å². The summed E-state index contributed by atoms with van der Waals surface area (Å²) in [4.78, 5) is 11.7. The van der Waals surface area contributed by atoms with E-state index >= 15 is 0 Å². The van der Waals surface area contributed by atoms with Crippen molar-refractivity contribution in [3.05, 3.63) is 29.6 Å². The molecule has 2 N–H and O–H groups in total. The van der Waals surface area contributed by atoms with Crippen LogP contribution in [0.1, 0.15) is 32.3 Å². The van der Waals surface area contributed by atoms with E-state index < -0.39 is 5.82 Å². The zero-order valence-corrected chi connectivity index (χ0v) is 11.1. The smallest absolute Gasteiger partial charge is 0.168 e. The minimum absolute atomic E-state index is 0.0133. The molecule has 0 fully saturated rings. The van der Waals surface area contributed by atoms with Crippen LogP contribution < -0.4 is 10.5 Å². The molecular formula is C14H20FNO2. The summed E-state index contributed by atoms with van der Waals surface area (Å²) < 4.78 is 18.7. The Morgan fingerprint density at radius 1 is 1.44 bits per heavy atom. The quantitative estimate of drug-likeness (QED) is 0.847. The number of carbonyl (C=O) groups excluding carboxylic acids is 1. The van der Waals surface area contributed by atoms with E-state index in [1.54, 1.807) is 12.1 Å². The second kappa shape index (κ2) is 5.96. The highest BCUT2D eigenvalue weighted by Crippen LogP contribution is 2.21. The maximum atomic E-state index is 13.8. The molecule has 0 aliphatic carbocycles. The highest BCUT2D eigenvalue weighted by atomic mass is 19.1. The summed E-state index contributed by atoms with van der Waals surface area (Å²) in [6, 6.07) is 4.81. The van der Waals surface area contributed by atoms with Gasteiger partial charge < -0.3 is 10.5 Å². The Bertz CT molecular complexity index is 424. The molecule has 0 saturated heterocycles. The second-order valence-electron chi connectivity index (χ2n) is 5.14. The number of benzene rings is 1. The number of nitrogens with two attached hydrogens (primary N) is 1. The van der Waals surface area contributed by atoms with Gasteiger partial charge in [-0.25, -0.2) is 4.39 Å². The van der Waals surface area contributed by atoms with Crippen molar-refractivity contribution in [1.29, 1.82) is 0 Å². The maximum absolute atomic E-state index is 13.8. The molecule has 1 aromatic carbocycles. The van der Waals surface area contributed by atoms with Crippen molar-refractivity contribution in [3.8, 4) is 5.75 Å². The molecule has 100 valence electrons. The first-order valence-electron chi connectivity index (χ1n) is 5.95. The zero-order valence-electron chi connectivity index (χ0n) is 11.1. The summed E-state index contributed by atoms with van der Waals surface area (Å²) in [5, 5.41) is 0. The average molecular weight is 253 g/mol. The van der Waals surface area contributed by atoms with Gasteiger partial charge in [-0.1, -0.05) is 12.1 Å². The summed E-state index contributed by atoms with van der Waals surface area (Å²) in [6.45, 7) is 3.73. The van der Waals surface area contributed by atoms with Gasteiger partial charge in [-0.2, -0.15) is 0 Å². The lowest BCUT2D eigenvalue weighted by Crippen LogP contribution is -2.32. The third-order valence-electron chi connectivity index (χ3n) is 2.70. The number of carbonyl (C=O) groups is 1. The number of methoxy groups -OCH3 is 1. The number of halogens is 1. The summed E-state index contributed by atoms with van der Waals surface area (Å²) in [5.41, 5.74) is 5.80. The first-order valence-corrected chi connectivity index (χ1v) is 5.95. The molecule has 0 radical (unpaired) electrons. The van der Waals surface area contributed by atoms with E-state index in [4.69, 9.17) is 10.5 Å². The van der Waals surface area contributed by atoms with E-state index in [0.717, 1.165) is 0 Å². The normalized spacial score (nSPS) is 11.4. The molecule has 4 heteroatoms. The van der Waals surface area contributed by atoms with Crippen molar-refractivity contribution in [3.63, 3.8) is 0 Å². The van der Waals surface area contributed by atoms with Gasteiger partial charge in [0, 0.05) is 18.4 Å². The predicted molar refractivity (Wildman–Crippen MR) is 69.2 cm³/mol. The van der Waals surface area contributed by atoms with Gasteiger partial charge in [-0.05, 0) is 31.9 Å². The average Bonchev–Trinajstić information content (AvgIpc) is 2.28. The van der Waals surface area contributed by atoms with Crippen LogP contribution in [0.2, 0.25) is 0 Å². The molecule has 0 aliphatic heterocycles. The Balaban J connectivity index is 2.65. The van der Waals surface area contributed by atoms with Crippen LogP contribution in [0.5, 0.6) is 5.75 Å². The molecule has 0 atom stereocenters. The van der Waals surface area contributed by atoms with Crippen LogP contribution >= 0.6 is 0 Å². The van der Waals surface area contributed by atoms with Gasteiger partial charge in [0.1, 0.15) is 5.78 Å². The number of hydrogen-bond donors (Lipinski definition) is 1. The van der Waals surface area contributed by atoms with Gasteiger partial charge in [0.2, 0.25) is 0 Å². The Labute approximate surface area is 107 Å². The summed E-state index contributed by atoms with van der Waals surface area (Å²) in [6.07, 6.45) is 1.04. The third kappa shape index (κ3) is 4.45. The highest BCUT2D eigenvalue weighted by Gasteiger charge is 2.16. The molecule has 0 heterocycles. The molecule has 1 rings (SSSR count). The number of rotatable bonds is 6. The van der Waals surface area contributed by atoms with E-state index in [1.807, 2.05) is 13.8 Å². The fourth-order valence-electron chi connectivity index (χ4n) is 1.61. The van der Waals surface area contributed by atoms with Crippen molar-refractivity contribution in [2.75, 3.05) is 7.11 Å². The van der Waals surface area contributed by atoms with Gasteiger partial charge in [0.15, 0.2) is 11.6 Å². The minimum Gasteiger partial charge on any atom is -0.494 e. The lowest BCUT2D eigenvalue weighted by molar-refractivity contribution is -0.118. The number of ketones is 1. The monoisotopic (exact) mass is 253 g/mol. The van der Waals surface area contributed by atoms with Crippen molar-refractivity contribution in [1.82, 2.24) is 0 Å². The number of Topliss-reactive ketones (excluding diaryl/α,β-unsaturated/α-hetero) is 1. The fraction of sp³-hybridized carbons (Fsp3) is 0.500.